The van der Waals surface area contributed by atoms with E-state index in [0.29, 0.717) is 34.2 Å². The molecule has 0 aliphatic rings. The first-order valence-electron chi connectivity index (χ1n) is 13.7. The predicted octanol–water partition coefficient (Wildman–Crippen LogP) is 10.8. The Bertz CT molecular complexity index is 2000. The zero-order valence-electron chi connectivity index (χ0n) is 26.1. The minimum absolute atomic E-state index is 0.0394. The van der Waals surface area contributed by atoms with Crippen LogP contribution in [0.2, 0.25) is 0 Å². The van der Waals surface area contributed by atoms with Gasteiger partial charge in [-0.25, -0.2) is 14.6 Å². The normalized spacial score (nSPS) is 11.8. The van der Waals surface area contributed by atoms with Gasteiger partial charge in [-0.15, -0.1) is 0 Å². The van der Waals surface area contributed by atoms with Gasteiger partial charge in [0.05, 0.1) is 32.4 Å². The van der Waals surface area contributed by atoms with E-state index in [-0.39, 0.29) is 11.5 Å². The molecule has 1 N–H and O–H groups in total. The Labute approximate surface area is 330 Å². The van der Waals surface area contributed by atoms with Crippen LogP contribution in [0.15, 0.2) is 79.1 Å². The summed E-state index contributed by atoms with van der Waals surface area (Å²) in [5.41, 5.74) is 2.51. The number of nitrogens with one attached hydrogen (secondary N) is 1. The van der Waals surface area contributed by atoms with Crippen molar-refractivity contribution in [1.82, 2.24) is 9.97 Å². The van der Waals surface area contributed by atoms with Gasteiger partial charge in [-0.05, 0) is 60.0 Å². The van der Waals surface area contributed by atoms with Gasteiger partial charge in [0, 0.05) is 12.1 Å². The molecule has 9 nitrogen and oxygen atoms in total. The summed E-state index contributed by atoms with van der Waals surface area (Å²) in [6.45, 7) is 1.72. The molecule has 18 heteroatoms. The van der Waals surface area contributed by atoms with Gasteiger partial charge in [0.25, 0.3) is 0 Å². The van der Waals surface area contributed by atoms with Crippen molar-refractivity contribution in [2.45, 2.75) is 18.3 Å². The number of rotatable bonds is 5. The van der Waals surface area contributed by atoms with E-state index < -0.39 is 22.6 Å². The van der Waals surface area contributed by atoms with Crippen LogP contribution in [-0.4, -0.2) is 31.3 Å². The smallest absolute Gasteiger partial charge is 0.336 e. The van der Waals surface area contributed by atoms with E-state index in [1.54, 1.807) is 31.2 Å². The number of halogens is 9. The highest BCUT2D eigenvalue weighted by molar-refractivity contribution is 6.67. The summed E-state index contributed by atoms with van der Waals surface area (Å²) >= 11 is 50.8. The van der Waals surface area contributed by atoms with Gasteiger partial charge in [0.1, 0.15) is 0 Å². The number of aryl methyl sites for hydroxylation is 1. The number of aromatic nitrogens is 2. The molecule has 0 fully saturated rings. The number of H-pyrrole nitrogens is 1. The Hall–Kier alpha value is -2.44. The third-order valence-electron chi connectivity index (χ3n) is 6.08. The highest BCUT2D eigenvalue weighted by Crippen LogP contribution is 2.40. The Kier molecular flexibility index (Phi) is 15.0. The highest BCUT2D eigenvalue weighted by atomic mass is 35.6. The summed E-state index contributed by atoms with van der Waals surface area (Å²) < 4.78 is 20.5. The van der Waals surface area contributed by atoms with Crippen LogP contribution in [0.1, 0.15) is 34.0 Å². The predicted molar refractivity (Wildman–Crippen MR) is 204 cm³/mol. The van der Waals surface area contributed by atoms with E-state index in [1.807, 2.05) is 24.3 Å². The maximum Gasteiger partial charge on any atom is 0.336 e. The lowest BCUT2D eigenvalue weighted by atomic mass is 10.1. The minimum Gasteiger partial charge on any atom is -0.493 e. The first kappa shape index (κ1) is 42.0. The summed E-state index contributed by atoms with van der Waals surface area (Å²) in [6, 6.07) is 16.6. The molecule has 0 unspecified atom stereocenters. The van der Waals surface area contributed by atoms with Gasteiger partial charge in [0.15, 0.2) is 28.8 Å². The van der Waals surface area contributed by atoms with Crippen molar-refractivity contribution in [3.8, 4) is 17.2 Å². The summed E-state index contributed by atoms with van der Waals surface area (Å²) in [5, 5.41) is 0. The minimum atomic E-state index is -1.82. The maximum absolute atomic E-state index is 11.6. The second-order valence-corrected chi connectivity index (χ2v) is 16.6. The van der Waals surface area contributed by atoms with Crippen LogP contribution in [0, 0.1) is 6.92 Å². The number of imidazole rings is 1. The number of para-hydroxylation sites is 2. The van der Waals surface area contributed by atoms with E-state index in [1.165, 1.54) is 45.6 Å². The zero-order chi connectivity index (χ0) is 37.4. The topological polar surface area (TPSA) is 117 Å². The molecule has 5 rings (SSSR count). The number of methoxy groups -OCH3 is 3. The van der Waals surface area contributed by atoms with Crippen LogP contribution < -0.4 is 25.5 Å². The van der Waals surface area contributed by atoms with E-state index in [9.17, 15) is 9.59 Å². The molecule has 0 aliphatic heterocycles. The van der Waals surface area contributed by atoms with Gasteiger partial charge < -0.3 is 28.0 Å². The largest absolute Gasteiger partial charge is 0.493 e. The maximum atomic E-state index is 11.6. The molecule has 0 radical (unpaired) electrons. The quantitative estimate of drug-likeness (QED) is 0.174. The first-order valence-corrected chi connectivity index (χ1v) is 17.1. The molecule has 0 saturated carbocycles. The number of fused-ring (bicyclic) bond motifs is 1. The number of hydrogen-bond acceptors (Lipinski definition) is 8. The fourth-order valence-electron chi connectivity index (χ4n) is 3.95. The van der Waals surface area contributed by atoms with Crippen LogP contribution in [-0.2, 0) is 11.4 Å². The lowest BCUT2D eigenvalue weighted by Crippen LogP contribution is -2.07. The molecule has 3 aromatic heterocycles. The van der Waals surface area contributed by atoms with Crippen LogP contribution in [0.4, 0.5) is 0 Å². The number of alkyl halides is 9. The van der Waals surface area contributed by atoms with Gasteiger partial charge in [-0.1, -0.05) is 129 Å². The van der Waals surface area contributed by atoms with Gasteiger partial charge in [-0.2, -0.15) is 0 Å². The number of ether oxygens (including phenoxy) is 3. The Morgan fingerprint density at radius 1 is 0.660 bits per heavy atom. The molecule has 3 heterocycles. The molecule has 0 amide bonds. The number of benzene rings is 2. The monoisotopic (exact) mass is 864 g/mol. The highest BCUT2D eigenvalue weighted by Gasteiger charge is 2.28. The average Bonchev–Trinajstić information content (AvgIpc) is 3.48. The van der Waals surface area contributed by atoms with E-state index >= 15 is 0 Å². The lowest BCUT2D eigenvalue weighted by Gasteiger charge is -2.13. The first-order chi connectivity index (χ1) is 23.2. The summed E-state index contributed by atoms with van der Waals surface area (Å²) in [6.07, 6.45) is 3.43. The van der Waals surface area contributed by atoms with Crippen molar-refractivity contribution >= 4 is 128 Å². The summed E-state index contributed by atoms with van der Waals surface area (Å²) in [7, 11) is 4.58. The van der Waals surface area contributed by atoms with E-state index in [4.69, 9.17) is 123 Å². The van der Waals surface area contributed by atoms with Gasteiger partial charge in [-0.3, -0.25) is 0 Å². The third kappa shape index (κ3) is 12.4. The van der Waals surface area contributed by atoms with Crippen molar-refractivity contribution < 1.29 is 23.0 Å². The van der Waals surface area contributed by atoms with Crippen molar-refractivity contribution in [2.24, 2.45) is 0 Å². The molecule has 5 aromatic rings. The molecule has 50 heavy (non-hydrogen) atoms. The Morgan fingerprint density at radius 2 is 1.16 bits per heavy atom. The van der Waals surface area contributed by atoms with Crippen LogP contribution >= 0.6 is 104 Å². The van der Waals surface area contributed by atoms with Gasteiger partial charge >= 0.3 is 11.3 Å². The third-order valence-corrected chi connectivity index (χ3v) is 7.73. The van der Waals surface area contributed by atoms with Crippen molar-refractivity contribution in [3.63, 3.8) is 0 Å². The summed E-state index contributed by atoms with van der Waals surface area (Å²) in [5.74, 6) is 1.83. The molecular weight excluding hydrogens is 843 g/mol. The van der Waals surface area contributed by atoms with Crippen molar-refractivity contribution in [3.05, 3.63) is 116 Å². The van der Waals surface area contributed by atoms with E-state index in [0.717, 1.165) is 16.6 Å². The van der Waals surface area contributed by atoms with Crippen molar-refractivity contribution in [1.29, 1.82) is 0 Å². The lowest BCUT2D eigenvalue weighted by molar-refractivity contribution is 0.324. The molecule has 0 bridgehead atoms. The van der Waals surface area contributed by atoms with Crippen LogP contribution in [0.25, 0.3) is 23.2 Å². The summed E-state index contributed by atoms with van der Waals surface area (Å²) in [4.78, 5) is 29.5. The standard InChI is InChI=1S/C17H15Cl3O5.C8H5Cl3N2.C7H5Cl3O2/c1-22-12-6-10(7-13(23-2)16(12)24-3)4-5-11-8-14(17(18,19)20)25-15(21)9-11;9-8(10,11)7-12-5-3-1-2-4-6(5)13-7;1-4-2-5(7(8,9)10)12-6(11)3-4/h4-9H,1-3H3;1-4H,(H,12,13);2-3H,1H3. The Balaban J connectivity index is 0.000000225. The number of hydrogen-bond donors (Lipinski definition) is 1. The van der Waals surface area contributed by atoms with E-state index in [2.05, 4.69) is 14.4 Å². The van der Waals surface area contributed by atoms with Crippen LogP contribution in [0.3, 0.4) is 0 Å². The number of aromatic amines is 1. The number of nitrogens with zero attached hydrogens (tertiary/aromatic N) is 1. The Morgan fingerprint density at radius 3 is 1.62 bits per heavy atom. The molecule has 0 saturated heterocycles. The molecule has 0 atom stereocenters. The fourth-order valence-corrected chi connectivity index (χ4v) is 4.78. The molecule has 0 aliphatic carbocycles. The SMILES string of the molecule is COc1cc(C=Cc2cc(C(Cl)(Cl)Cl)oc(=O)c2)cc(OC)c1OC.Cc1cc(C(Cl)(Cl)Cl)oc(=O)c1.ClC(Cl)(Cl)c1nc2ccccc2[nH]1. The average molecular weight is 869 g/mol. The molecular formula is C32H25Cl9N2O7. The second-order valence-electron chi connectivity index (χ2n) is 9.78. The molecule has 268 valence electrons. The van der Waals surface area contributed by atoms with Crippen LogP contribution in [0.5, 0.6) is 17.2 Å². The fraction of sp³-hybridized carbons (Fsp3) is 0.219. The zero-order valence-corrected chi connectivity index (χ0v) is 32.9. The van der Waals surface area contributed by atoms with Gasteiger partial charge in [0.2, 0.25) is 17.1 Å². The molecule has 2 aromatic carbocycles. The molecule has 0 spiro atoms. The van der Waals surface area contributed by atoms with Crippen molar-refractivity contribution in [2.75, 3.05) is 21.3 Å². The second kappa shape index (κ2) is 17.9.